The highest BCUT2D eigenvalue weighted by Gasteiger charge is 2.10. The normalized spacial score (nSPS) is 11.5. The molecule has 0 atom stereocenters. The molecule has 0 bridgehead atoms. The summed E-state index contributed by atoms with van der Waals surface area (Å²) < 4.78 is 5.01. The van der Waals surface area contributed by atoms with Crippen molar-refractivity contribution in [2.45, 2.75) is 26.3 Å². The summed E-state index contributed by atoms with van der Waals surface area (Å²) in [5.74, 6) is 0.543. The van der Waals surface area contributed by atoms with Crippen LogP contribution < -0.4 is 15.1 Å². The Morgan fingerprint density at radius 2 is 2.08 bits per heavy atom. The van der Waals surface area contributed by atoms with Crippen LogP contribution in [0, 0.1) is 6.20 Å². The quantitative estimate of drug-likeness (QED) is 0.525. The molecule has 1 N–H and O–H groups in total. The van der Waals surface area contributed by atoms with Crippen LogP contribution in [0.15, 0.2) is 4.52 Å². The van der Waals surface area contributed by atoms with Crippen LogP contribution in [0.4, 0.5) is 5.88 Å². The van der Waals surface area contributed by atoms with E-state index in [2.05, 4.69) is 16.8 Å². The highest BCUT2D eigenvalue weighted by molar-refractivity contribution is 5.25. The fourth-order valence-electron chi connectivity index (χ4n) is 0.776. The molecule has 0 aliphatic rings. The molecule has 0 spiro atoms. The molecule has 0 aliphatic heterocycles. The van der Waals surface area contributed by atoms with Gasteiger partial charge in [-0.3, -0.25) is 0 Å². The van der Waals surface area contributed by atoms with Gasteiger partial charge >= 0.3 is 0 Å². The minimum atomic E-state index is -0.0415. The summed E-state index contributed by atoms with van der Waals surface area (Å²) in [6.45, 7) is 6.14. The fourth-order valence-corrected chi connectivity index (χ4v) is 0.776. The van der Waals surface area contributed by atoms with Gasteiger partial charge in [0.1, 0.15) is 5.88 Å². The zero-order valence-electron chi connectivity index (χ0n) is 8.75. The summed E-state index contributed by atoms with van der Waals surface area (Å²) in [5, 5.41) is 8.63. The first-order valence-electron chi connectivity index (χ1n) is 4.15. The monoisotopic (exact) mass is 184 g/mol. The zero-order valence-corrected chi connectivity index (χ0v) is 8.75. The van der Waals surface area contributed by atoms with Crippen LogP contribution in [-0.2, 0) is 0 Å². The number of nitrogens with one attached hydrogen (secondary N) is 1. The summed E-state index contributed by atoms with van der Waals surface area (Å²) in [5.41, 5.74) is -0.0415. The van der Waals surface area contributed by atoms with E-state index >= 15 is 0 Å². The van der Waals surface area contributed by atoms with Gasteiger partial charge < -0.3 is 9.84 Å². The molecule has 0 fully saturated rings. The predicted octanol–water partition coefficient (Wildman–Crippen LogP) is 0.170. The SMILES string of the molecule is CN(C)[n+]1[c-]c(NC(C)(C)C)on1. The molecule has 0 saturated heterocycles. The van der Waals surface area contributed by atoms with Gasteiger partial charge in [-0.2, -0.15) is 5.01 Å². The lowest BCUT2D eigenvalue weighted by Crippen LogP contribution is -2.54. The van der Waals surface area contributed by atoms with Gasteiger partial charge in [-0.15, -0.1) is 4.79 Å². The second kappa shape index (κ2) is 3.24. The number of rotatable bonds is 2. The molecule has 0 aliphatic carbocycles. The molecule has 5 nitrogen and oxygen atoms in total. The maximum absolute atomic E-state index is 5.01. The van der Waals surface area contributed by atoms with Crippen LogP contribution in [0.2, 0.25) is 0 Å². The molecule has 0 radical (unpaired) electrons. The largest absolute Gasteiger partial charge is 0.374 e. The van der Waals surface area contributed by atoms with Crippen molar-refractivity contribution >= 4 is 5.88 Å². The van der Waals surface area contributed by atoms with Crippen molar-refractivity contribution in [2.75, 3.05) is 24.4 Å². The van der Waals surface area contributed by atoms with E-state index in [4.69, 9.17) is 4.52 Å². The van der Waals surface area contributed by atoms with E-state index < -0.39 is 0 Å². The van der Waals surface area contributed by atoms with Gasteiger partial charge in [-0.1, -0.05) is 0 Å². The lowest BCUT2D eigenvalue weighted by atomic mass is 10.1. The molecule has 5 heteroatoms. The molecular weight excluding hydrogens is 168 g/mol. The molecule has 0 amide bonds. The van der Waals surface area contributed by atoms with Crippen LogP contribution in [-0.4, -0.2) is 24.9 Å². The summed E-state index contributed by atoms with van der Waals surface area (Å²) >= 11 is 0. The maximum atomic E-state index is 5.01. The Kier molecular flexibility index (Phi) is 2.45. The van der Waals surface area contributed by atoms with Crippen molar-refractivity contribution in [1.29, 1.82) is 0 Å². The topological polar surface area (TPSA) is 45.2 Å². The Balaban J connectivity index is 2.70. The van der Waals surface area contributed by atoms with E-state index in [0.29, 0.717) is 5.88 Å². The number of aromatic nitrogens is 2. The Morgan fingerprint density at radius 3 is 2.46 bits per heavy atom. The van der Waals surface area contributed by atoms with E-state index in [1.165, 1.54) is 4.79 Å². The molecule has 0 unspecified atom stereocenters. The molecule has 1 aromatic rings. The van der Waals surface area contributed by atoms with Crippen molar-refractivity contribution in [3.63, 3.8) is 0 Å². The fraction of sp³-hybridized carbons (Fsp3) is 0.750. The molecule has 13 heavy (non-hydrogen) atoms. The summed E-state index contributed by atoms with van der Waals surface area (Å²) in [6, 6.07) is 0. The van der Waals surface area contributed by atoms with Crippen molar-refractivity contribution in [2.24, 2.45) is 0 Å². The van der Waals surface area contributed by atoms with Gasteiger partial charge in [0.25, 0.3) is 0 Å². The second-order valence-corrected chi connectivity index (χ2v) is 4.13. The van der Waals surface area contributed by atoms with Crippen LogP contribution in [0.1, 0.15) is 20.8 Å². The van der Waals surface area contributed by atoms with Crippen LogP contribution in [0.25, 0.3) is 0 Å². The minimum Gasteiger partial charge on any atom is -0.374 e. The number of hydrogen-bond acceptors (Lipinski definition) is 4. The number of hydrogen-bond donors (Lipinski definition) is 1. The molecule has 1 rings (SSSR count). The van der Waals surface area contributed by atoms with E-state index in [-0.39, 0.29) is 5.54 Å². The molecule has 1 aromatic heterocycles. The average molecular weight is 184 g/mol. The van der Waals surface area contributed by atoms with Gasteiger partial charge in [0.15, 0.2) is 5.27 Å². The molecule has 0 aromatic carbocycles. The van der Waals surface area contributed by atoms with Gasteiger partial charge in [0.05, 0.1) is 14.1 Å². The van der Waals surface area contributed by atoms with Gasteiger partial charge in [-0.05, 0) is 27.0 Å². The lowest BCUT2D eigenvalue weighted by molar-refractivity contribution is -0.756. The van der Waals surface area contributed by atoms with Crippen molar-refractivity contribution in [3.05, 3.63) is 6.20 Å². The highest BCUT2D eigenvalue weighted by Crippen LogP contribution is 2.10. The third-order valence-corrected chi connectivity index (χ3v) is 1.28. The van der Waals surface area contributed by atoms with Gasteiger partial charge in [-0.25, -0.2) is 0 Å². The maximum Gasteiger partial charge on any atom is 0.191 e. The van der Waals surface area contributed by atoms with Crippen LogP contribution in [0.3, 0.4) is 0 Å². The highest BCUT2D eigenvalue weighted by atomic mass is 16.5. The molecule has 74 valence electrons. The van der Waals surface area contributed by atoms with Gasteiger partial charge in [0, 0.05) is 5.54 Å². The minimum absolute atomic E-state index is 0.0415. The summed E-state index contributed by atoms with van der Waals surface area (Å²) in [6.07, 6.45) is 2.92. The van der Waals surface area contributed by atoms with E-state index in [9.17, 15) is 0 Å². The predicted molar refractivity (Wildman–Crippen MR) is 49.0 cm³/mol. The van der Waals surface area contributed by atoms with Crippen LogP contribution >= 0.6 is 0 Å². The van der Waals surface area contributed by atoms with Crippen LogP contribution in [0.5, 0.6) is 0 Å². The average Bonchev–Trinajstić information content (AvgIpc) is 2.31. The Morgan fingerprint density at radius 1 is 1.46 bits per heavy atom. The van der Waals surface area contributed by atoms with Crippen molar-refractivity contribution in [1.82, 2.24) is 5.27 Å². The number of anilines is 1. The van der Waals surface area contributed by atoms with Gasteiger partial charge in [0.2, 0.25) is 0 Å². The van der Waals surface area contributed by atoms with E-state index in [1.54, 1.807) is 5.01 Å². The number of nitrogens with zero attached hydrogens (tertiary/aromatic N) is 3. The Hall–Kier alpha value is -1.26. The first kappa shape index (κ1) is 9.83. The van der Waals surface area contributed by atoms with Crippen molar-refractivity contribution < 1.29 is 9.31 Å². The molecule has 1 heterocycles. The van der Waals surface area contributed by atoms with E-state index in [0.717, 1.165) is 0 Å². The Labute approximate surface area is 78.3 Å². The summed E-state index contributed by atoms with van der Waals surface area (Å²) in [7, 11) is 3.72. The second-order valence-electron chi connectivity index (χ2n) is 4.13. The molecule has 0 saturated carbocycles. The summed E-state index contributed by atoms with van der Waals surface area (Å²) in [4.78, 5) is 1.49. The first-order valence-corrected chi connectivity index (χ1v) is 4.15. The lowest BCUT2D eigenvalue weighted by Gasteiger charge is -2.20. The van der Waals surface area contributed by atoms with Crippen molar-refractivity contribution in [3.8, 4) is 0 Å². The third kappa shape index (κ3) is 2.93. The van der Waals surface area contributed by atoms with E-state index in [1.807, 2.05) is 34.9 Å². The molecular formula is C8H16N4O. The standard InChI is InChI=1S/C8H16N4O/c1-8(2,3)9-7-6-12(10-13-7)11(4)5/h9H,1-5H3. The third-order valence-electron chi connectivity index (χ3n) is 1.28. The smallest absolute Gasteiger partial charge is 0.191 e. The zero-order chi connectivity index (χ0) is 10.1. The Bertz CT molecular complexity index is 274. The first-order chi connectivity index (χ1) is 5.88.